The van der Waals surface area contributed by atoms with Crippen molar-refractivity contribution in [3.05, 3.63) is 33.9 Å². The van der Waals surface area contributed by atoms with Crippen molar-refractivity contribution in [1.82, 2.24) is 0 Å². The molecule has 0 saturated heterocycles. The van der Waals surface area contributed by atoms with Crippen molar-refractivity contribution >= 4 is 11.7 Å². The zero-order valence-electron chi connectivity index (χ0n) is 16.5. The molecule has 0 spiro atoms. The number of carbonyl (C=O) groups is 1. The molecule has 0 fully saturated rings. The van der Waals surface area contributed by atoms with E-state index in [1.165, 1.54) is 69.9 Å². The monoisotopic (exact) mass is 379 g/mol. The number of carboxylic acids is 1. The van der Waals surface area contributed by atoms with Gasteiger partial charge in [0, 0.05) is 6.07 Å². The van der Waals surface area contributed by atoms with Crippen molar-refractivity contribution in [2.24, 2.45) is 0 Å². The molecule has 0 radical (unpaired) electrons. The van der Waals surface area contributed by atoms with Crippen LogP contribution in [0.2, 0.25) is 0 Å². The maximum Gasteiger partial charge on any atom is 0.335 e. The Bertz CT molecular complexity index is 574. The van der Waals surface area contributed by atoms with Gasteiger partial charge in [-0.3, -0.25) is 10.1 Å². The Morgan fingerprint density at radius 3 is 1.96 bits per heavy atom. The number of nitrogens with zero attached hydrogens (tertiary/aromatic N) is 1. The number of benzene rings is 1. The number of hydrogen-bond donors (Lipinski definition) is 1. The first-order chi connectivity index (χ1) is 13.1. The van der Waals surface area contributed by atoms with E-state index >= 15 is 0 Å². The van der Waals surface area contributed by atoms with Crippen molar-refractivity contribution in [2.75, 3.05) is 6.61 Å². The normalized spacial score (nSPS) is 10.7. The van der Waals surface area contributed by atoms with E-state index in [9.17, 15) is 14.9 Å². The van der Waals surface area contributed by atoms with Crippen LogP contribution in [-0.4, -0.2) is 22.6 Å². The Hall–Kier alpha value is -2.11. The maximum atomic E-state index is 11.1. The number of ether oxygens (including phenoxy) is 1. The number of carboxylic acid groups (broad SMARTS) is 1. The standard InChI is InChI=1S/C21H33NO5/c1-2-3-4-5-6-7-8-9-10-11-12-13-16-27-20-15-14-18(21(23)24)17-19(20)22(25)26/h14-15,17H,2-13,16H2,1H3,(H,23,24). The van der Waals surface area contributed by atoms with Crippen molar-refractivity contribution in [3.63, 3.8) is 0 Å². The maximum absolute atomic E-state index is 11.1. The highest BCUT2D eigenvalue weighted by molar-refractivity contribution is 5.88. The average Bonchev–Trinajstić information content (AvgIpc) is 2.65. The fraction of sp³-hybridized carbons (Fsp3) is 0.667. The minimum absolute atomic E-state index is 0.112. The van der Waals surface area contributed by atoms with E-state index in [0.717, 1.165) is 25.3 Å². The lowest BCUT2D eigenvalue weighted by Gasteiger charge is -2.07. The number of aromatic carboxylic acids is 1. The zero-order chi connectivity index (χ0) is 19.9. The zero-order valence-corrected chi connectivity index (χ0v) is 16.5. The fourth-order valence-corrected chi connectivity index (χ4v) is 3.04. The van der Waals surface area contributed by atoms with Gasteiger partial charge in [-0.25, -0.2) is 4.79 Å². The third kappa shape index (κ3) is 9.97. The summed E-state index contributed by atoms with van der Waals surface area (Å²) in [6.45, 7) is 2.64. The number of rotatable bonds is 16. The predicted molar refractivity (Wildman–Crippen MR) is 107 cm³/mol. The van der Waals surface area contributed by atoms with Gasteiger partial charge in [0.15, 0.2) is 5.75 Å². The molecule has 6 heteroatoms. The van der Waals surface area contributed by atoms with Crippen LogP contribution < -0.4 is 4.74 Å². The topological polar surface area (TPSA) is 89.7 Å². The van der Waals surface area contributed by atoms with Gasteiger partial charge in [0.25, 0.3) is 0 Å². The highest BCUT2D eigenvalue weighted by Gasteiger charge is 2.18. The number of hydrogen-bond acceptors (Lipinski definition) is 4. The first kappa shape index (κ1) is 22.9. The summed E-state index contributed by atoms with van der Waals surface area (Å²) in [4.78, 5) is 21.4. The largest absolute Gasteiger partial charge is 0.487 e. The van der Waals surface area contributed by atoms with E-state index in [1.807, 2.05) is 0 Å². The van der Waals surface area contributed by atoms with Crippen LogP contribution in [0.1, 0.15) is 94.3 Å². The highest BCUT2D eigenvalue weighted by Crippen LogP contribution is 2.28. The second-order valence-corrected chi connectivity index (χ2v) is 6.98. The molecule has 6 nitrogen and oxygen atoms in total. The Kier molecular flexibility index (Phi) is 11.9. The van der Waals surface area contributed by atoms with Crippen LogP contribution in [0.4, 0.5) is 5.69 Å². The van der Waals surface area contributed by atoms with Crippen LogP contribution in [0.3, 0.4) is 0 Å². The van der Waals surface area contributed by atoms with Crippen molar-refractivity contribution in [1.29, 1.82) is 0 Å². The van der Waals surface area contributed by atoms with Gasteiger partial charge in [0.1, 0.15) is 0 Å². The lowest BCUT2D eigenvalue weighted by Crippen LogP contribution is -2.03. The SMILES string of the molecule is CCCCCCCCCCCCCCOc1ccc(C(=O)O)cc1[N+](=O)[O-]. The average molecular weight is 379 g/mol. The van der Waals surface area contributed by atoms with Crippen LogP contribution in [-0.2, 0) is 0 Å². The van der Waals surface area contributed by atoms with Crippen molar-refractivity contribution in [3.8, 4) is 5.75 Å². The smallest absolute Gasteiger partial charge is 0.335 e. The first-order valence-electron chi connectivity index (χ1n) is 10.2. The molecule has 1 N–H and O–H groups in total. The first-order valence-corrected chi connectivity index (χ1v) is 10.2. The van der Waals surface area contributed by atoms with Gasteiger partial charge in [-0.15, -0.1) is 0 Å². The van der Waals surface area contributed by atoms with Crippen LogP contribution in [0.15, 0.2) is 18.2 Å². The van der Waals surface area contributed by atoms with Crippen LogP contribution in [0, 0.1) is 10.1 Å². The van der Waals surface area contributed by atoms with Crippen LogP contribution in [0.25, 0.3) is 0 Å². The molecule has 0 bridgehead atoms. The van der Waals surface area contributed by atoms with E-state index in [0.29, 0.717) is 6.61 Å². The molecule has 1 rings (SSSR count). The lowest BCUT2D eigenvalue weighted by atomic mass is 10.1. The third-order valence-corrected chi connectivity index (χ3v) is 4.66. The van der Waals surface area contributed by atoms with Gasteiger partial charge in [-0.2, -0.15) is 0 Å². The van der Waals surface area contributed by atoms with Gasteiger partial charge in [0.2, 0.25) is 0 Å². The predicted octanol–water partition coefficient (Wildman–Crippen LogP) is 6.37. The van der Waals surface area contributed by atoms with Gasteiger partial charge in [0.05, 0.1) is 17.1 Å². The fourth-order valence-electron chi connectivity index (χ4n) is 3.04. The number of unbranched alkanes of at least 4 members (excludes halogenated alkanes) is 11. The summed E-state index contributed by atoms with van der Waals surface area (Å²) < 4.78 is 5.49. The Morgan fingerprint density at radius 2 is 1.48 bits per heavy atom. The molecule has 0 aliphatic heterocycles. The molecule has 0 saturated carbocycles. The summed E-state index contributed by atoms with van der Waals surface area (Å²) in [7, 11) is 0. The summed E-state index contributed by atoms with van der Waals surface area (Å²) in [6.07, 6.45) is 14.9. The Balaban J connectivity index is 2.11. The second-order valence-electron chi connectivity index (χ2n) is 6.98. The highest BCUT2D eigenvalue weighted by atomic mass is 16.6. The minimum Gasteiger partial charge on any atom is -0.487 e. The van der Waals surface area contributed by atoms with Crippen LogP contribution >= 0.6 is 0 Å². The number of nitro benzene ring substituents is 1. The minimum atomic E-state index is -1.19. The molecular formula is C21H33NO5. The lowest BCUT2D eigenvalue weighted by molar-refractivity contribution is -0.385. The van der Waals surface area contributed by atoms with E-state index in [4.69, 9.17) is 9.84 Å². The van der Waals surface area contributed by atoms with Crippen molar-refractivity contribution < 1.29 is 19.6 Å². The summed E-state index contributed by atoms with van der Waals surface area (Å²) in [5.41, 5.74) is -0.409. The molecule has 27 heavy (non-hydrogen) atoms. The third-order valence-electron chi connectivity index (χ3n) is 4.66. The van der Waals surface area contributed by atoms with Gasteiger partial charge in [-0.1, -0.05) is 77.6 Å². The van der Waals surface area contributed by atoms with E-state index in [-0.39, 0.29) is 17.0 Å². The molecule has 152 valence electrons. The molecule has 0 heterocycles. The van der Waals surface area contributed by atoms with Gasteiger partial charge in [-0.05, 0) is 18.6 Å². The van der Waals surface area contributed by atoms with Gasteiger partial charge < -0.3 is 9.84 Å². The second kappa shape index (κ2) is 14.0. The van der Waals surface area contributed by atoms with E-state index in [2.05, 4.69) is 6.92 Å². The summed E-state index contributed by atoms with van der Waals surface area (Å²) in [5.74, 6) is -1.06. The molecule has 0 amide bonds. The summed E-state index contributed by atoms with van der Waals surface area (Å²) in [5, 5.41) is 20.0. The quantitative estimate of drug-likeness (QED) is 0.205. The molecule has 0 atom stereocenters. The summed E-state index contributed by atoms with van der Waals surface area (Å²) in [6, 6.07) is 3.73. The van der Waals surface area contributed by atoms with E-state index in [1.54, 1.807) is 0 Å². The summed E-state index contributed by atoms with van der Waals surface area (Å²) >= 11 is 0. The van der Waals surface area contributed by atoms with Crippen molar-refractivity contribution in [2.45, 2.75) is 84.0 Å². The molecule has 0 aromatic heterocycles. The van der Waals surface area contributed by atoms with Gasteiger partial charge >= 0.3 is 11.7 Å². The van der Waals surface area contributed by atoms with E-state index < -0.39 is 10.9 Å². The Morgan fingerprint density at radius 1 is 0.963 bits per heavy atom. The molecular weight excluding hydrogens is 346 g/mol. The number of nitro groups is 1. The van der Waals surface area contributed by atoms with Crippen LogP contribution in [0.5, 0.6) is 5.75 Å². The molecule has 1 aromatic rings. The molecule has 1 aromatic carbocycles. The molecule has 0 aliphatic rings. The Labute approximate surface area is 162 Å². The molecule has 0 aliphatic carbocycles. The molecule has 0 unspecified atom stereocenters.